The van der Waals surface area contributed by atoms with Crippen LogP contribution in [0.25, 0.3) is 0 Å². The lowest BCUT2D eigenvalue weighted by molar-refractivity contribution is 0.103. The number of thiophene rings is 1. The molecule has 134 valence electrons. The molecule has 0 atom stereocenters. The molecule has 1 amide bonds. The molecule has 3 aromatic rings. The Kier molecular flexibility index (Phi) is 5.86. The highest BCUT2D eigenvalue weighted by Gasteiger charge is 2.11. The Morgan fingerprint density at radius 3 is 2.62 bits per heavy atom. The summed E-state index contributed by atoms with van der Waals surface area (Å²) in [5, 5.41) is 4.67. The van der Waals surface area contributed by atoms with Gasteiger partial charge in [-0.2, -0.15) is 0 Å². The first-order chi connectivity index (χ1) is 12.7. The summed E-state index contributed by atoms with van der Waals surface area (Å²) in [5.41, 5.74) is 1.51. The lowest BCUT2D eigenvalue weighted by Crippen LogP contribution is -2.10. The van der Waals surface area contributed by atoms with E-state index in [1.807, 2.05) is 12.3 Å². The predicted molar refractivity (Wildman–Crippen MR) is 101 cm³/mol. The number of hydrogen-bond acceptors (Lipinski definition) is 4. The van der Waals surface area contributed by atoms with Crippen LogP contribution in [0.4, 0.5) is 10.1 Å². The molecule has 0 aliphatic rings. The van der Waals surface area contributed by atoms with E-state index in [4.69, 9.17) is 9.47 Å². The van der Waals surface area contributed by atoms with E-state index in [1.165, 1.54) is 17.4 Å². The van der Waals surface area contributed by atoms with Gasteiger partial charge in [-0.15, -0.1) is 11.3 Å². The van der Waals surface area contributed by atoms with E-state index in [1.54, 1.807) is 48.5 Å². The number of para-hydroxylation sites is 1. The van der Waals surface area contributed by atoms with Crippen LogP contribution in [-0.4, -0.2) is 12.5 Å². The van der Waals surface area contributed by atoms with Gasteiger partial charge in [0.05, 0.1) is 11.5 Å². The largest absolute Gasteiger partial charge is 0.494 e. The highest BCUT2D eigenvalue weighted by atomic mass is 32.1. The zero-order valence-electron chi connectivity index (χ0n) is 14.2. The van der Waals surface area contributed by atoms with E-state index in [-0.39, 0.29) is 18.3 Å². The van der Waals surface area contributed by atoms with Crippen molar-refractivity contribution in [2.24, 2.45) is 0 Å². The summed E-state index contributed by atoms with van der Waals surface area (Å²) in [4.78, 5) is 12.9. The normalized spacial score (nSPS) is 10.4. The fourth-order valence-corrected chi connectivity index (χ4v) is 3.08. The van der Waals surface area contributed by atoms with Crippen LogP contribution in [0.2, 0.25) is 0 Å². The summed E-state index contributed by atoms with van der Waals surface area (Å²) in [7, 11) is 0. The van der Waals surface area contributed by atoms with Crippen molar-refractivity contribution < 1.29 is 18.7 Å². The number of anilines is 1. The van der Waals surface area contributed by atoms with E-state index in [0.29, 0.717) is 17.2 Å². The van der Waals surface area contributed by atoms with Crippen molar-refractivity contribution in [2.45, 2.75) is 13.5 Å². The molecular weight excluding hydrogens is 353 g/mol. The van der Waals surface area contributed by atoms with Crippen molar-refractivity contribution in [2.75, 3.05) is 11.9 Å². The molecule has 26 heavy (non-hydrogen) atoms. The molecule has 0 aliphatic carbocycles. The molecule has 0 spiro atoms. The number of carbonyl (C=O) groups is 1. The summed E-state index contributed by atoms with van der Waals surface area (Å²) in [5.74, 6) is 0.348. The first kappa shape index (κ1) is 17.9. The topological polar surface area (TPSA) is 47.6 Å². The van der Waals surface area contributed by atoms with Crippen LogP contribution in [0.5, 0.6) is 11.5 Å². The fraction of sp³-hybridized carbons (Fsp3) is 0.150. The summed E-state index contributed by atoms with van der Waals surface area (Å²) >= 11 is 1.32. The summed E-state index contributed by atoms with van der Waals surface area (Å²) < 4.78 is 24.4. The smallest absolute Gasteiger partial charge is 0.265 e. The predicted octanol–water partition coefficient (Wildman–Crippen LogP) is 5.12. The van der Waals surface area contributed by atoms with Gasteiger partial charge >= 0.3 is 0 Å². The molecule has 0 saturated carbocycles. The molecule has 0 aliphatic heterocycles. The molecule has 0 bridgehead atoms. The Morgan fingerprint density at radius 1 is 1.12 bits per heavy atom. The third kappa shape index (κ3) is 4.61. The Hall–Kier alpha value is -2.86. The maximum absolute atomic E-state index is 13.5. The summed E-state index contributed by atoms with van der Waals surface area (Å²) in [6, 6.07) is 15.2. The van der Waals surface area contributed by atoms with Gasteiger partial charge in [-0.1, -0.05) is 12.1 Å². The van der Waals surface area contributed by atoms with Crippen LogP contribution < -0.4 is 14.8 Å². The number of benzene rings is 2. The zero-order chi connectivity index (χ0) is 18.4. The minimum absolute atomic E-state index is 0.194. The van der Waals surface area contributed by atoms with Crippen LogP contribution in [0, 0.1) is 5.82 Å². The lowest BCUT2D eigenvalue weighted by Gasteiger charge is -2.06. The van der Waals surface area contributed by atoms with Crippen LogP contribution in [0.3, 0.4) is 0 Å². The van der Waals surface area contributed by atoms with Crippen LogP contribution in [0.15, 0.2) is 60.0 Å². The van der Waals surface area contributed by atoms with Crippen LogP contribution >= 0.6 is 11.3 Å². The van der Waals surface area contributed by atoms with Crippen molar-refractivity contribution >= 4 is 22.9 Å². The number of amides is 1. The molecule has 0 unspecified atom stereocenters. The molecule has 0 radical (unpaired) electrons. The molecule has 2 aromatic carbocycles. The Morgan fingerprint density at radius 2 is 1.88 bits per heavy atom. The first-order valence-corrected chi connectivity index (χ1v) is 9.02. The van der Waals surface area contributed by atoms with Crippen molar-refractivity contribution in [3.05, 3.63) is 76.2 Å². The van der Waals surface area contributed by atoms with E-state index < -0.39 is 5.82 Å². The van der Waals surface area contributed by atoms with Crippen molar-refractivity contribution in [3.63, 3.8) is 0 Å². The zero-order valence-corrected chi connectivity index (χ0v) is 15.0. The number of halogens is 1. The average Bonchev–Trinajstić information content (AvgIpc) is 3.12. The van der Waals surface area contributed by atoms with Gasteiger partial charge in [-0.3, -0.25) is 4.79 Å². The number of carbonyl (C=O) groups excluding carboxylic acids is 1. The fourth-order valence-electron chi connectivity index (χ4n) is 2.29. The average molecular weight is 371 g/mol. The molecule has 3 rings (SSSR count). The molecule has 4 nitrogen and oxygen atoms in total. The minimum atomic E-state index is -0.406. The Balaban J connectivity index is 1.58. The van der Waals surface area contributed by atoms with Gasteiger partial charge in [-0.25, -0.2) is 4.39 Å². The summed E-state index contributed by atoms with van der Waals surface area (Å²) in [6.45, 7) is 2.71. The maximum atomic E-state index is 13.5. The minimum Gasteiger partial charge on any atom is -0.494 e. The monoisotopic (exact) mass is 371 g/mol. The quantitative estimate of drug-likeness (QED) is 0.627. The van der Waals surface area contributed by atoms with Gasteiger partial charge in [0.25, 0.3) is 5.91 Å². The van der Waals surface area contributed by atoms with Gasteiger partial charge in [0, 0.05) is 11.3 Å². The molecular formula is C20H18FNO3S. The van der Waals surface area contributed by atoms with Gasteiger partial charge in [0.2, 0.25) is 0 Å². The first-order valence-electron chi connectivity index (χ1n) is 8.14. The maximum Gasteiger partial charge on any atom is 0.265 e. The lowest BCUT2D eigenvalue weighted by atomic mass is 10.2. The van der Waals surface area contributed by atoms with Crippen LogP contribution in [0.1, 0.15) is 22.2 Å². The van der Waals surface area contributed by atoms with Crippen molar-refractivity contribution in [1.29, 1.82) is 0 Å². The third-order valence-electron chi connectivity index (χ3n) is 3.53. The third-order valence-corrected chi connectivity index (χ3v) is 4.51. The van der Waals surface area contributed by atoms with E-state index in [0.717, 1.165) is 11.3 Å². The molecule has 1 aromatic heterocycles. The molecule has 6 heteroatoms. The van der Waals surface area contributed by atoms with Crippen LogP contribution in [-0.2, 0) is 6.61 Å². The van der Waals surface area contributed by atoms with Crippen molar-refractivity contribution in [3.8, 4) is 11.5 Å². The molecule has 0 saturated heterocycles. The summed E-state index contributed by atoms with van der Waals surface area (Å²) in [6.07, 6.45) is 0. The number of rotatable bonds is 7. The highest BCUT2D eigenvalue weighted by Crippen LogP contribution is 2.22. The highest BCUT2D eigenvalue weighted by molar-refractivity contribution is 7.12. The van der Waals surface area contributed by atoms with E-state index in [2.05, 4.69) is 5.32 Å². The molecule has 1 heterocycles. The Labute approximate surface area is 155 Å². The second-order valence-electron chi connectivity index (χ2n) is 5.45. The van der Waals surface area contributed by atoms with E-state index in [9.17, 15) is 9.18 Å². The number of ether oxygens (including phenoxy) is 2. The second-order valence-corrected chi connectivity index (χ2v) is 6.36. The number of hydrogen-bond donors (Lipinski definition) is 1. The number of nitrogens with one attached hydrogen (secondary N) is 1. The van der Waals surface area contributed by atoms with Crippen molar-refractivity contribution in [1.82, 2.24) is 0 Å². The van der Waals surface area contributed by atoms with Gasteiger partial charge < -0.3 is 14.8 Å². The van der Waals surface area contributed by atoms with E-state index >= 15 is 0 Å². The second kappa shape index (κ2) is 8.49. The molecule has 1 N–H and O–H groups in total. The van der Waals surface area contributed by atoms with Gasteiger partial charge in [0.1, 0.15) is 12.4 Å². The van der Waals surface area contributed by atoms with Gasteiger partial charge in [0.15, 0.2) is 11.6 Å². The SMILES string of the molecule is CCOc1ccc(NC(=O)c2cc(COc3ccccc3F)cs2)cc1. The molecule has 0 fully saturated rings. The Bertz CT molecular complexity index is 877. The standard InChI is InChI=1S/C20H18FNO3S/c1-2-24-16-9-7-15(8-10-16)22-20(23)19-11-14(13-26-19)12-25-18-6-4-3-5-17(18)21/h3-11,13H,2,12H2,1H3,(H,22,23). The van der Waals surface area contributed by atoms with Gasteiger partial charge in [-0.05, 0) is 54.8 Å².